The minimum absolute atomic E-state index is 0.0258. The molecule has 180 valence electrons. The topological polar surface area (TPSA) is 117 Å². The Hall–Kier alpha value is -3.40. The molecule has 0 saturated carbocycles. The number of methoxy groups -OCH3 is 1. The Balaban J connectivity index is 0.000000406. The first-order valence-electron chi connectivity index (χ1n) is 10.5. The van der Waals surface area contributed by atoms with E-state index in [9.17, 15) is 14.7 Å². The number of nitrogens with one attached hydrogen (secondary N) is 1. The summed E-state index contributed by atoms with van der Waals surface area (Å²) in [6.07, 6.45) is 0. The number of aliphatic hydroxyl groups excluding tert-OH is 1. The summed E-state index contributed by atoms with van der Waals surface area (Å²) in [7, 11) is 7.69. The number of nitrogens with zero attached hydrogens (tertiary/aromatic N) is 3. The number of likely N-dealkylation sites (N-methyl/N-ethyl adjacent to an activating group) is 1. The molecular formula is C24H28ClN4O5+. The van der Waals surface area contributed by atoms with Crippen molar-refractivity contribution in [2.24, 2.45) is 0 Å². The highest BCUT2D eigenvalue weighted by Gasteiger charge is 2.18. The van der Waals surface area contributed by atoms with E-state index < -0.39 is 16.9 Å². The molecule has 9 nitrogen and oxygen atoms in total. The van der Waals surface area contributed by atoms with Crippen LogP contribution >= 0.6 is 11.6 Å². The van der Waals surface area contributed by atoms with E-state index in [0.29, 0.717) is 32.9 Å². The van der Waals surface area contributed by atoms with Gasteiger partial charge in [0.25, 0.3) is 11.4 Å². The number of ether oxygens (including phenoxy) is 1. The number of hydrogen-bond donors (Lipinski definition) is 3. The molecule has 0 saturated heterocycles. The third-order valence-corrected chi connectivity index (χ3v) is 5.43. The highest BCUT2D eigenvalue weighted by atomic mass is 35.5. The molecule has 0 fully saturated rings. The second-order valence-electron chi connectivity index (χ2n) is 8.82. The van der Waals surface area contributed by atoms with Gasteiger partial charge in [-0.2, -0.15) is 4.68 Å². The standard InChI is InChI=1S/C19H14ClN3O4.C5H14NO/c1-9-7-11(27-2)4-6-14(9)23-19(26)15-16(18(25)22-23)21-13-8-10(20)3-5-12(13)17(15)24;1-6(2,3)4-5-7/h3-8H,1-2H3,(H,21,24)(H,22,25);7H,4-5H2,1-3H3/q;+1. The number of pyridine rings is 1. The fourth-order valence-corrected chi connectivity index (χ4v) is 3.56. The van der Waals surface area contributed by atoms with Crippen molar-refractivity contribution in [2.45, 2.75) is 6.92 Å². The zero-order valence-corrected chi connectivity index (χ0v) is 20.5. The second-order valence-corrected chi connectivity index (χ2v) is 9.26. The van der Waals surface area contributed by atoms with Gasteiger partial charge < -0.3 is 24.4 Å². The molecule has 3 N–H and O–H groups in total. The van der Waals surface area contributed by atoms with Gasteiger partial charge in [0, 0.05) is 10.4 Å². The number of aryl methyl sites for hydroxylation is 1. The number of hydrogen-bond acceptors (Lipinski definition) is 6. The van der Waals surface area contributed by atoms with Gasteiger partial charge in [0.15, 0.2) is 0 Å². The van der Waals surface area contributed by atoms with Crippen molar-refractivity contribution in [3.8, 4) is 17.3 Å². The molecule has 0 spiro atoms. The lowest BCUT2D eigenvalue weighted by atomic mass is 10.1. The van der Waals surface area contributed by atoms with Crippen molar-refractivity contribution in [1.82, 2.24) is 14.8 Å². The summed E-state index contributed by atoms with van der Waals surface area (Å²) in [6.45, 7) is 2.89. The van der Waals surface area contributed by atoms with E-state index in [2.05, 4.69) is 31.2 Å². The van der Waals surface area contributed by atoms with Gasteiger partial charge in [0.1, 0.15) is 23.2 Å². The largest absolute Gasteiger partial charge is 0.497 e. The van der Waals surface area contributed by atoms with Crippen LogP contribution in [0.15, 0.2) is 46.0 Å². The molecule has 0 aliphatic rings. The van der Waals surface area contributed by atoms with E-state index >= 15 is 0 Å². The molecule has 0 atom stereocenters. The molecule has 4 rings (SSSR count). The predicted molar refractivity (Wildman–Crippen MR) is 133 cm³/mol. The summed E-state index contributed by atoms with van der Waals surface area (Å²) in [6, 6.07) is 9.70. The van der Waals surface area contributed by atoms with E-state index in [1.165, 1.54) is 13.2 Å². The summed E-state index contributed by atoms with van der Waals surface area (Å²) < 4.78 is 7.03. The molecule has 0 unspecified atom stereocenters. The Labute approximate surface area is 201 Å². The summed E-state index contributed by atoms with van der Waals surface area (Å²) in [4.78, 5) is 28.8. The first-order chi connectivity index (χ1) is 16.0. The van der Waals surface area contributed by atoms with E-state index in [0.717, 1.165) is 15.7 Å². The lowest BCUT2D eigenvalue weighted by Gasteiger charge is -2.21. The number of rotatable bonds is 4. The van der Waals surface area contributed by atoms with Crippen molar-refractivity contribution in [3.05, 3.63) is 67.6 Å². The number of H-pyrrole nitrogens is 1. The van der Waals surface area contributed by atoms with Gasteiger partial charge in [-0.25, -0.2) is 0 Å². The molecule has 4 aromatic rings. The highest BCUT2D eigenvalue weighted by molar-refractivity contribution is 6.31. The van der Waals surface area contributed by atoms with Crippen LogP contribution in [0.1, 0.15) is 5.56 Å². The summed E-state index contributed by atoms with van der Waals surface area (Å²) in [5.74, 6) is 0.161. The number of benzene rings is 2. The Morgan fingerprint density at radius 3 is 2.41 bits per heavy atom. The average molecular weight is 488 g/mol. The first-order valence-corrected chi connectivity index (χ1v) is 10.9. The van der Waals surface area contributed by atoms with Gasteiger partial charge in [0.2, 0.25) is 5.43 Å². The minimum atomic E-state index is -0.630. The molecule has 0 bridgehead atoms. The third-order valence-electron chi connectivity index (χ3n) is 5.19. The third kappa shape index (κ3) is 5.22. The minimum Gasteiger partial charge on any atom is -0.497 e. The monoisotopic (exact) mass is 487 g/mol. The quantitative estimate of drug-likeness (QED) is 0.301. The van der Waals surface area contributed by atoms with Crippen LogP contribution in [0.2, 0.25) is 5.02 Å². The van der Waals surface area contributed by atoms with Gasteiger partial charge in [-0.1, -0.05) is 11.6 Å². The molecule has 0 radical (unpaired) electrons. The SMILES string of the molecule is COc1ccc(-n2nc(O)c3[nH]c4cc(Cl)ccc4c(=O)c3c2=O)c(C)c1.C[N+](C)(C)CCO. The fourth-order valence-electron chi connectivity index (χ4n) is 3.39. The number of fused-ring (bicyclic) bond motifs is 2. The molecule has 2 aromatic heterocycles. The zero-order valence-electron chi connectivity index (χ0n) is 19.7. The van der Waals surface area contributed by atoms with Crippen molar-refractivity contribution < 1.29 is 19.4 Å². The average Bonchev–Trinajstić information content (AvgIpc) is 2.75. The molecule has 10 heteroatoms. The molecule has 34 heavy (non-hydrogen) atoms. The lowest BCUT2D eigenvalue weighted by Crippen LogP contribution is -2.36. The zero-order chi connectivity index (χ0) is 25.2. The molecule has 0 amide bonds. The first kappa shape index (κ1) is 25.2. The van der Waals surface area contributed by atoms with E-state index in [-0.39, 0.29) is 17.5 Å². The molecule has 0 aliphatic carbocycles. The van der Waals surface area contributed by atoms with Crippen molar-refractivity contribution in [2.75, 3.05) is 41.4 Å². The predicted octanol–water partition coefficient (Wildman–Crippen LogP) is 2.59. The summed E-state index contributed by atoms with van der Waals surface area (Å²) in [5, 5.41) is 23.3. The van der Waals surface area contributed by atoms with Crippen LogP contribution in [0.25, 0.3) is 27.5 Å². The smallest absolute Gasteiger partial charge is 0.285 e. The van der Waals surface area contributed by atoms with E-state index in [1.54, 1.807) is 37.3 Å². The highest BCUT2D eigenvalue weighted by Crippen LogP contribution is 2.23. The maximum absolute atomic E-state index is 13.0. The van der Waals surface area contributed by atoms with Gasteiger partial charge in [0.05, 0.1) is 46.1 Å². The molecule has 2 heterocycles. The van der Waals surface area contributed by atoms with Gasteiger partial charge >= 0.3 is 0 Å². The molecule has 0 aliphatic heterocycles. The number of aromatic nitrogens is 3. The Morgan fingerprint density at radius 2 is 1.85 bits per heavy atom. The van der Waals surface area contributed by atoms with Crippen molar-refractivity contribution in [3.63, 3.8) is 0 Å². The van der Waals surface area contributed by atoms with E-state index in [4.69, 9.17) is 21.4 Å². The van der Waals surface area contributed by atoms with Crippen LogP contribution < -0.4 is 15.7 Å². The van der Waals surface area contributed by atoms with Crippen LogP contribution in [0.4, 0.5) is 0 Å². The van der Waals surface area contributed by atoms with Gasteiger partial charge in [-0.05, 0) is 48.9 Å². The van der Waals surface area contributed by atoms with Crippen molar-refractivity contribution >= 4 is 33.4 Å². The number of aromatic amines is 1. The van der Waals surface area contributed by atoms with Crippen molar-refractivity contribution in [1.29, 1.82) is 0 Å². The number of quaternary nitrogens is 1. The van der Waals surface area contributed by atoms with Crippen LogP contribution in [-0.4, -0.2) is 70.9 Å². The second kappa shape index (κ2) is 9.84. The number of aromatic hydroxyl groups is 1. The Bertz CT molecular complexity index is 1470. The Kier molecular flexibility index (Phi) is 7.30. The fraction of sp³-hybridized carbons (Fsp3) is 0.292. The Morgan fingerprint density at radius 1 is 1.15 bits per heavy atom. The number of aliphatic hydroxyl groups is 1. The van der Waals surface area contributed by atoms with E-state index in [1.807, 2.05) is 0 Å². The normalized spacial score (nSPS) is 11.4. The molecule has 2 aromatic carbocycles. The van der Waals surface area contributed by atoms with Crippen LogP contribution in [-0.2, 0) is 0 Å². The summed E-state index contributed by atoms with van der Waals surface area (Å²) in [5.41, 5.74) is 0.393. The van der Waals surface area contributed by atoms with Crippen LogP contribution in [0.5, 0.6) is 11.6 Å². The van der Waals surface area contributed by atoms with Gasteiger partial charge in [-0.15, -0.1) is 5.10 Å². The lowest BCUT2D eigenvalue weighted by molar-refractivity contribution is -0.870. The number of halogens is 1. The van der Waals surface area contributed by atoms with Gasteiger partial charge in [-0.3, -0.25) is 9.59 Å². The van der Waals surface area contributed by atoms with Crippen LogP contribution in [0.3, 0.4) is 0 Å². The van der Waals surface area contributed by atoms with Crippen LogP contribution in [0, 0.1) is 6.92 Å². The maximum Gasteiger partial charge on any atom is 0.285 e. The molecular weight excluding hydrogens is 460 g/mol. The summed E-state index contributed by atoms with van der Waals surface area (Å²) >= 11 is 5.96. The maximum atomic E-state index is 13.0.